The van der Waals surface area contributed by atoms with Crippen molar-refractivity contribution in [2.24, 2.45) is 11.5 Å². The molecule has 2 rings (SSSR count). The van der Waals surface area contributed by atoms with Crippen LogP contribution in [0.5, 0.6) is 0 Å². The van der Waals surface area contributed by atoms with E-state index in [1.807, 2.05) is 6.92 Å². The molecule has 0 fully saturated rings. The van der Waals surface area contributed by atoms with E-state index in [9.17, 15) is 14.4 Å². The zero-order valence-corrected chi connectivity index (χ0v) is 13.5. The Bertz CT molecular complexity index is 822. The number of carbonyl (C=O) groups excluding carboxylic acids is 2. The van der Waals surface area contributed by atoms with Gasteiger partial charge in [0.1, 0.15) is 16.7 Å². The van der Waals surface area contributed by atoms with E-state index in [1.54, 1.807) is 13.8 Å². The molecule has 2 amide bonds. The van der Waals surface area contributed by atoms with Crippen molar-refractivity contribution in [1.29, 1.82) is 0 Å². The molecule has 1 unspecified atom stereocenters. The molecule has 4 N–H and O–H groups in total. The topological polar surface area (TPSA) is 121 Å². The van der Waals surface area contributed by atoms with Gasteiger partial charge in [-0.25, -0.2) is 4.98 Å². The highest BCUT2D eigenvalue weighted by atomic mass is 32.1. The van der Waals surface area contributed by atoms with Crippen molar-refractivity contribution < 1.29 is 9.59 Å². The number of thiophene rings is 1. The van der Waals surface area contributed by atoms with E-state index < -0.39 is 17.9 Å². The maximum absolute atomic E-state index is 12.8. The van der Waals surface area contributed by atoms with Crippen molar-refractivity contribution in [3.05, 3.63) is 26.6 Å². The number of amides is 2. The fourth-order valence-electron chi connectivity index (χ4n) is 2.40. The first-order valence-electron chi connectivity index (χ1n) is 6.93. The molecule has 2 aromatic rings. The van der Waals surface area contributed by atoms with Crippen LogP contribution in [0, 0.1) is 6.92 Å². The maximum Gasteiger partial charge on any atom is 0.263 e. The summed E-state index contributed by atoms with van der Waals surface area (Å²) in [6.07, 6.45) is 1.29. The number of nitrogens with zero attached hydrogens (tertiary/aromatic N) is 2. The Balaban J connectivity index is 2.88. The number of hydrogen-bond acceptors (Lipinski definition) is 5. The quantitative estimate of drug-likeness (QED) is 0.848. The zero-order valence-electron chi connectivity index (χ0n) is 12.7. The van der Waals surface area contributed by atoms with Gasteiger partial charge in [0.15, 0.2) is 0 Å². The molecule has 8 heteroatoms. The van der Waals surface area contributed by atoms with Crippen molar-refractivity contribution >= 4 is 33.4 Å². The van der Waals surface area contributed by atoms with Crippen LogP contribution in [0.25, 0.3) is 10.2 Å². The lowest BCUT2D eigenvalue weighted by Gasteiger charge is -2.16. The second-order valence-corrected chi connectivity index (χ2v) is 6.13. The number of nitrogens with two attached hydrogens (primary N) is 2. The Morgan fingerprint density at radius 1 is 1.36 bits per heavy atom. The molecule has 118 valence electrons. The molecule has 0 radical (unpaired) electrons. The van der Waals surface area contributed by atoms with Gasteiger partial charge in [-0.2, -0.15) is 0 Å². The Morgan fingerprint density at radius 2 is 2.00 bits per heavy atom. The lowest BCUT2D eigenvalue weighted by Crippen LogP contribution is -2.35. The van der Waals surface area contributed by atoms with Crippen LogP contribution >= 0.6 is 11.3 Å². The fourth-order valence-corrected chi connectivity index (χ4v) is 3.44. The average Bonchev–Trinajstić information content (AvgIpc) is 2.76. The highest BCUT2D eigenvalue weighted by molar-refractivity contribution is 7.20. The summed E-state index contributed by atoms with van der Waals surface area (Å²) in [5, 5.41) is 0.326. The molecule has 7 nitrogen and oxygen atoms in total. The van der Waals surface area contributed by atoms with Crippen molar-refractivity contribution in [3.63, 3.8) is 0 Å². The Morgan fingerprint density at radius 3 is 2.50 bits per heavy atom. The van der Waals surface area contributed by atoms with Crippen LogP contribution in [0.4, 0.5) is 0 Å². The van der Waals surface area contributed by atoms with Gasteiger partial charge in [0.05, 0.1) is 10.3 Å². The molecular formula is C14H18N4O3S. The van der Waals surface area contributed by atoms with Gasteiger partial charge in [-0.3, -0.25) is 19.0 Å². The van der Waals surface area contributed by atoms with E-state index in [1.165, 1.54) is 4.57 Å². The third-order valence-electron chi connectivity index (χ3n) is 3.57. The van der Waals surface area contributed by atoms with Crippen LogP contribution in [-0.4, -0.2) is 21.4 Å². The first-order valence-corrected chi connectivity index (χ1v) is 7.74. The molecule has 2 heterocycles. The van der Waals surface area contributed by atoms with Crippen molar-refractivity contribution in [3.8, 4) is 0 Å². The molecule has 2 aromatic heterocycles. The summed E-state index contributed by atoms with van der Waals surface area (Å²) in [6.45, 7) is 5.16. The summed E-state index contributed by atoms with van der Waals surface area (Å²) in [5.74, 6) is -0.710. The molecule has 0 aliphatic rings. The van der Waals surface area contributed by atoms with Gasteiger partial charge in [0.2, 0.25) is 5.91 Å². The van der Waals surface area contributed by atoms with Gasteiger partial charge in [-0.05, 0) is 25.8 Å². The smallest absolute Gasteiger partial charge is 0.263 e. The molecule has 0 bridgehead atoms. The van der Waals surface area contributed by atoms with E-state index >= 15 is 0 Å². The van der Waals surface area contributed by atoms with Gasteiger partial charge < -0.3 is 11.5 Å². The maximum atomic E-state index is 12.8. The highest BCUT2D eigenvalue weighted by Gasteiger charge is 2.23. The first kappa shape index (κ1) is 16.2. The van der Waals surface area contributed by atoms with E-state index in [4.69, 9.17) is 11.5 Å². The van der Waals surface area contributed by atoms with Gasteiger partial charge >= 0.3 is 0 Å². The third-order valence-corrected chi connectivity index (χ3v) is 4.77. The SMILES string of the molecule is CCCc1nc2sc(C(N)=O)c(C)c2c(=O)n1C(C)C(N)=O. The molecule has 0 saturated heterocycles. The molecule has 0 aliphatic carbocycles. The van der Waals surface area contributed by atoms with E-state index in [-0.39, 0.29) is 5.56 Å². The Hall–Kier alpha value is -2.22. The van der Waals surface area contributed by atoms with Crippen LogP contribution < -0.4 is 17.0 Å². The van der Waals surface area contributed by atoms with Crippen LogP contribution in [0.1, 0.15) is 47.4 Å². The standard InChI is InChI=1S/C14H18N4O3S/c1-4-5-8-17-13-9(6(2)10(22-13)12(16)20)14(21)18(8)7(3)11(15)19/h7H,4-5H2,1-3H3,(H2,15,19)(H2,16,20). The summed E-state index contributed by atoms with van der Waals surface area (Å²) in [4.78, 5) is 41.0. The van der Waals surface area contributed by atoms with Gasteiger partial charge in [-0.15, -0.1) is 11.3 Å². The van der Waals surface area contributed by atoms with Crippen LogP contribution in [0.3, 0.4) is 0 Å². The van der Waals surface area contributed by atoms with Crippen molar-refractivity contribution in [2.75, 3.05) is 0 Å². The van der Waals surface area contributed by atoms with Gasteiger partial charge in [-0.1, -0.05) is 6.92 Å². The normalized spacial score (nSPS) is 12.5. The van der Waals surface area contributed by atoms with Crippen molar-refractivity contribution in [1.82, 2.24) is 9.55 Å². The second kappa shape index (κ2) is 5.88. The summed E-state index contributed by atoms with van der Waals surface area (Å²) in [6, 6.07) is -0.803. The largest absolute Gasteiger partial charge is 0.368 e. The molecule has 0 spiro atoms. The van der Waals surface area contributed by atoms with Crippen LogP contribution in [0.2, 0.25) is 0 Å². The zero-order chi connectivity index (χ0) is 16.6. The minimum absolute atomic E-state index is 0.312. The predicted octanol–water partition coefficient (Wildman–Crippen LogP) is 0.864. The van der Waals surface area contributed by atoms with Gasteiger partial charge in [0.25, 0.3) is 11.5 Å². The van der Waals surface area contributed by atoms with Crippen LogP contribution in [-0.2, 0) is 11.2 Å². The molecule has 0 aromatic carbocycles. The number of hydrogen-bond donors (Lipinski definition) is 2. The molecular weight excluding hydrogens is 304 g/mol. The predicted molar refractivity (Wildman–Crippen MR) is 85.0 cm³/mol. The lowest BCUT2D eigenvalue weighted by atomic mass is 10.2. The summed E-state index contributed by atoms with van der Waals surface area (Å²) >= 11 is 1.10. The number of aryl methyl sites for hydroxylation is 2. The number of carbonyl (C=O) groups is 2. The minimum Gasteiger partial charge on any atom is -0.368 e. The van der Waals surface area contributed by atoms with Gasteiger partial charge in [0, 0.05) is 6.42 Å². The third kappa shape index (κ3) is 2.50. The fraction of sp³-hybridized carbons (Fsp3) is 0.429. The van der Waals surface area contributed by atoms with E-state index in [2.05, 4.69) is 4.98 Å². The second-order valence-electron chi connectivity index (χ2n) is 5.13. The molecule has 0 saturated carbocycles. The van der Waals surface area contributed by atoms with Crippen LogP contribution in [0.15, 0.2) is 4.79 Å². The monoisotopic (exact) mass is 322 g/mol. The Kier molecular flexibility index (Phi) is 4.32. The van der Waals surface area contributed by atoms with Crippen molar-refractivity contribution in [2.45, 2.75) is 39.7 Å². The van der Waals surface area contributed by atoms with E-state index in [0.717, 1.165) is 17.8 Å². The lowest BCUT2D eigenvalue weighted by molar-refractivity contribution is -0.120. The number of fused-ring (bicyclic) bond motifs is 1. The Labute approximate surface area is 130 Å². The summed E-state index contributed by atoms with van der Waals surface area (Å²) in [7, 11) is 0. The number of primary amides is 2. The van der Waals surface area contributed by atoms with E-state index in [0.29, 0.717) is 32.9 Å². The summed E-state index contributed by atoms with van der Waals surface area (Å²) in [5.41, 5.74) is 10.8. The number of aromatic nitrogens is 2. The minimum atomic E-state index is -0.803. The molecule has 1 atom stereocenters. The highest BCUT2D eigenvalue weighted by Crippen LogP contribution is 2.27. The summed E-state index contributed by atoms with van der Waals surface area (Å²) < 4.78 is 1.32. The number of rotatable bonds is 5. The average molecular weight is 322 g/mol. The molecule has 0 aliphatic heterocycles. The molecule has 22 heavy (non-hydrogen) atoms. The first-order chi connectivity index (χ1) is 10.3.